The van der Waals surface area contributed by atoms with E-state index in [1.165, 1.54) is 11.1 Å². The Hall–Kier alpha value is -1.91. The van der Waals surface area contributed by atoms with Gasteiger partial charge in [-0.3, -0.25) is 9.59 Å². The van der Waals surface area contributed by atoms with Crippen LogP contribution in [0.1, 0.15) is 65.2 Å². The molecule has 1 aliphatic heterocycles. The van der Waals surface area contributed by atoms with Crippen LogP contribution < -0.4 is 0 Å². The minimum atomic E-state index is -0.306. The number of carbonyl (C=O) groups is 2. The summed E-state index contributed by atoms with van der Waals surface area (Å²) in [5.74, 6) is 1.24. The Kier molecular flexibility index (Phi) is 4.14. The molecular weight excluding hydrogens is 366 g/mol. The number of hydrogen-bond acceptors (Lipinski definition) is 5. The SMILES string of the molecule is CO/N=C/[C@@H]1CC2=CC(=O)CC[C@]2(C)C2=CC[C@@]3(C)C(CC[C@@]34CCC(=O)O4)C21. The lowest BCUT2D eigenvalue weighted by atomic mass is 9.48. The van der Waals surface area contributed by atoms with Gasteiger partial charge >= 0.3 is 5.97 Å². The Balaban J connectivity index is 1.61. The van der Waals surface area contributed by atoms with Crippen molar-refractivity contribution in [3.05, 3.63) is 23.3 Å². The van der Waals surface area contributed by atoms with Crippen LogP contribution in [0.25, 0.3) is 0 Å². The van der Waals surface area contributed by atoms with Crippen LogP contribution in [0.3, 0.4) is 0 Å². The highest BCUT2D eigenvalue weighted by Gasteiger charge is 2.66. The number of hydrogen-bond donors (Lipinski definition) is 0. The number of fused-ring (bicyclic) bond motifs is 6. The van der Waals surface area contributed by atoms with Gasteiger partial charge in [-0.1, -0.05) is 36.2 Å². The summed E-state index contributed by atoms with van der Waals surface area (Å²) in [6, 6.07) is 0. The molecule has 0 aromatic carbocycles. The van der Waals surface area contributed by atoms with Crippen molar-refractivity contribution >= 4 is 18.0 Å². The monoisotopic (exact) mass is 397 g/mol. The normalized spacial score (nSPS) is 46.1. The Morgan fingerprint density at radius 3 is 2.76 bits per heavy atom. The molecule has 2 saturated carbocycles. The van der Waals surface area contributed by atoms with Gasteiger partial charge in [-0.15, -0.1) is 0 Å². The molecular formula is C24H31NO4. The fraction of sp³-hybridized carbons (Fsp3) is 0.708. The summed E-state index contributed by atoms with van der Waals surface area (Å²) in [6.07, 6.45) is 13.1. The van der Waals surface area contributed by atoms with Gasteiger partial charge < -0.3 is 9.57 Å². The Morgan fingerprint density at radius 1 is 1.21 bits per heavy atom. The van der Waals surface area contributed by atoms with Gasteiger partial charge in [0.25, 0.3) is 0 Å². The summed E-state index contributed by atoms with van der Waals surface area (Å²) in [5.41, 5.74) is 2.37. The average Bonchev–Trinajstić information content (AvgIpc) is 3.21. The van der Waals surface area contributed by atoms with Crippen molar-refractivity contribution in [3.63, 3.8) is 0 Å². The predicted octanol–water partition coefficient (Wildman–Crippen LogP) is 4.37. The minimum absolute atomic E-state index is 0.0283. The fourth-order valence-electron chi connectivity index (χ4n) is 7.48. The van der Waals surface area contributed by atoms with Gasteiger partial charge in [0.2, 0.25) is 0 Å². The summed E-state index contributed by atoms with van der Waals surface area (Å²) >= 11 is 0. The first-order valence-electron chi connectivity index (χ1n) is 11.1. The van der Waals surface area contributed by atoms with Crippen molar-refractivity contribution in [1.29, 1.82) is 0 Å². The quantitative estimate of drug-likeness (QED) is 0.300. The number of nitrogens with zero attached hydrogens (tertiary/aromatic N) is 1. The second-order valence-electron chi connectivity index (χ2n) is 10.2. The summed E-state index contributed by atoms with van der Waals surface area (Å²) in [6.45, 7) is 4.68. The standard InChI is InChI=1S/C24H31NO4/c1-22-8-4-17(26)13-16(22)12-15(14-25-28-3)21-18(22)5-9-23(2)19(21)6-10-24(23)11-7-20(27)29-24/h5,13-15,19,21H,4,6-12H2,1-3H3/b25-14+/t15-,19?,21?,22-,23-,24+/m0/s1. The van der Waals surface area contributed by atoms with Crippen LogP contribution in [-0.4, -0.2) is 30.7 Å². The number of ether oxygens (including phenoxy) is 1. The third-order valence-corrected chi connectivity index (χ3v) is 9.13. The molecule has 1 spiro atoms. The van der Waals surface area contributed by atoms with E-state index in [0.29, 0.717) is 24.7 Å². The molecule has 5 heteroatoms. The summed E-state index contributed by atoms with van der Waals surface area (Å²) in [5, 5.41) is 4.15. The molecule has 5 aliphatic rings. The molecule has 0 aromatic rings. The van der Waals surface area contributed by atoms with E-state index in [4.69, 9.17) is 9.57 Å². The molecule has 0 amide bonds. The van der Waals surface area contributed by atoms with Crippen LogP contribution in [0.4, 0.5) is 0 Å². The first-order chi connectivity index (χ1) is 13.8. The van der Waals surface area contributed by atoms with Crippen molar-refractivity contribution in [3.8, 4) is 0 Å². The lowest BCUT2D eigenvalue weighted by molar-refractivity contribution is -0.160. The second-order valence-corrected chi connectivity index (χ2v) is 10.2. The maximum absolute atomic E-state index is 12.2. The van der Waals surface area contributed by atoms with E-state index >= 15 is 0 Å². The van der Waals surface area contributed by atoms with Crippen LogP contribution >= 0.6 is 0 Å². The number of oxime groups is 1. The van der Waals surface area contributed by atoms with Crippen LogP contribution in [0.2, 0.25) is 0 Å². The van der Waals surface area contributed by atoms with E-state index in [1.54, 1.807) is 7.11 Å². The van der Waals surface area contributed by atoms with Crippen molar-refractivity contribution in [2.75, 3.05) is 7.11 Å². The van der Waals surface area contributed by atoms with Crippen molar-refractivity contribution in [2.24, 2.45) is 33.7 Å². The Labute approximate surface area is 172 Å². The van der Waals surface area contributed by atoms with Gasteiger partial charge in [-0.25, -0.2) is 0 Å². The molecule has 6 atom stereocenters. The van der Waals surface area contributed by atoms with Gasteiger partial charge in [0, 0.05) is 35.8 Å². The molecule has 2 unspecified atom stereocenters. The van der Waals surface area contributed by atoms with Gasteiger partial charge in [0.05, 0.1) is 0 Å². The molecule has 156 valence electrons. The van der Waals surface area contributed by atoms with Crippen molar-refractivity contribution < 1.29 is 19.2 Å². The highest BCUT2D eigenvalue weighted by atomic mass is 16.6. The zero-order valence-electron chi connectivity index (χ0n) is 17.7. The summed E-state index contributed by atoms with van der Waals surface area (Å²) < 4.78 is 6.04. The highest BCUT2D eigenvalue weighted by Crippen LogP contribution is 2.68. The molecule has 29 heavy (non-hydrogen) atoms. The van der Waals surface area contributed by atoms with E-state index < -0.39 is 0 Å². The van der Waals surface area contributed by atoms with Crippen LogP contribution in [0.15, 0.2) is 28.5 Å². The maximum atomic E-state index is 12.2. The number of allylic oxidation sites excluding steroid dienone is 4. The molecule has 0 aromatic heterocycles. The van der Waals surface area contributed by atoms with Crippen molar-refractivity contribution in [2.45, 2.75) is 70.8 Å². The van der Waals surface area contributed by atoms with Crippen LogP contribution in [0, 0.1) is 28.6 Å². The molecule has 5 nitrogen and oxygen atoms in total. The molecule has 1 heterocycles. The van der Waals surface area contributed by atoms with E-state index in [9.17, 15) is 9.59 Å². The number of esters is 1. The zero-order valence-corrected chi connectivity index (χ0v) is 17.7. The van der Waals surface area contributed by atoms with Gasteiger partial charge in [-0.05, 0) is 56.4 Å². The first kappa shape index (κ1) is 19.1. The smallest absolute Gasteiger partial charge is 0.306 e. The summed E-state index contributed by atoms with van der Waals surface area (Å²) in [4.78, 5) is 29.3. The van der Waals surface area contributed by atoms with E-state index in [1.807, 2.05) is 12.3 Å². The third kappa shape index (κ3) is 2.48. The largest absolute Gasteiger partial charge is 0.458 e. The molecule has 0 bridgehead atoms. The van der Waals surface area contributed by atoms with Crippen molar-refractivity contribution in [1.82, 2.24) is 0 Å². The van der Waals surface area contributed by atoms with E-state index in [0.717, 1.165) is 38.5 Å². The predicted molar refractivity (Wildman–Crippen MR) is 109 cm³/mol. The van der Waals surface area contributed by atoms with E-state index in [-0.39, 0.29) is 34.1 Å². The number of carbonyl (C=O) groups excluding carboxylic acids is 2. The lowest BCUT2D eigenvalue weighted by Crippen LogP contribution is -2.53. The molecule has 5 rings (SSSR count). The van der Waals surface area contributed by atoms with Gasteiger partial charge in [-0.2, -0.15) is 0 Å². The maximum Gasteiger partial charge on any atom is 0.306 e. The highest BCUT2D eigenvalue weighted by molar-refractivity contribution is 5.92. The van der Waals surface area contributed by atoms with Gasteiger partial charge in [0.1, 0.15) is 12.7 Å². The molecule has 3 fully saturated rings. The minimum Gasteiger partial charge on any atom is -0.458 e. The van der Waals surface area contributed by atoms with Crippen LogP contribution in [-0.2, 0) is 19.2 Å². The lowest BCUT2D eigenvalue weighted by Gasteiger charge is -2.56. The molecule has 0 radical (unpaired) electrons. The average molecular weight is 398 g/mol. The fourth-order valence-corrected chi connectivity index (χ4v) is 7.48. The third-order valence-electron chi connectivity index (χ3n) is 9.13. The van der Waals surface area contributed by atoms with E-state index in [2.05, 4.69) is 25.1 Å². The zero-order chi connectivity index (χ0) is 20.4. The van der Waals surface area contributed by atoms with Crippen LogP contribution in [0.5, 0.6) is 0 Å². The molecule has 4 aliphatic carbocycles. The number of ketones is 1. The summed E-state index contributed by atoms with van der Waals surface area (Å²) in [7, 11) is 1.58. The Bertz CT molecular complexity index is 857. The topological polar surface area (TPSA) is 65.0 Å². The second kappa shape index (κ2) is 6.29. The Morgan fingerprint density at radius 2 is 2.03 bits per heavy atom. The first-order valence-corrected chi connectivity index (χ1v) is 11.1. The molecule has 1 saturated heterocycles. The number of rotatable bonds is 2. The molecule has 0 N–H and O–H groups in total. The van der Waals surface area contributed by atoms with Gasteiger partial charge in [0.15, 0.2) is 5.78 Å².